The molecule has 0 bridgehead atoms. The van der Waals surface area contributed by atoms with Crippen molar-refractivity contribution in [2.24, 2.45) is 0 Å². The Morgan fingerprint density at radius 3 is 2.12 bits per heavy atom. The lowest BCUT2D eigenvalue weighted by Crippen LogP contribution is -2.05. The molecule has 17 heavy (non-hydrogen) atoms. The highest BCUT2D eigenvalue weighted by molar-refractivity contribution is 6.08. The van der Waals surface area contributed by atoms with E-state index in [4.69, 9.17) is 9.47 Å². The Morgan fingerprint density at radius 2 is 1.71 bits per heavy atom. The number of allylic oxidation sites excluding steroid dienone is 1. The molecule has 0 aliphatic heterocycles. The summed E-state index contributed by atoms with van der Waals surface area (Å²) >= 11 is 0. The quantitative estimate of drug-likeness (QED) is 0.577. The summed E-state index contributed by atoms with van der Waals surface area (Å²) in [5.41, 5.74) is 0.440. The molecular formula is C13H17NO3. The second-order valence-corrected chi connectivity index (χ2v) is 3.68. The van der Waals surface area contributed by atoms with E-state index in [2.05, 4.69) is 0 Å². The summed E-state index contributed by atoms with van der Waals surface area (Å²) in [6, 6.07) is 5.25. The number of rotatable bonds is 5. The van der Waals surface area contributed by atoms with Crippen molar-refractivity contribution in [2.45, 2.75) is 0 Å². The molecule has 1 aromatic rings. The summed E-state index contributed by atoms with van der Waals surface area (Å²) in [6.45, 7) is 0. The maximum absolute atomic E-state index is 12.0. The van der Waals surface area contributed by atoms with Crippen LogP contribution in [0.3, 0.4) is 0 Å². The molecule has 0 aromatic heterocycles. The zero-order valence-electron chi connectivity index (χ0n) is 10.6. The molecule has 1 rings (SSSR count). The van der Waals surface area contributed by atoms with E-state index < -0.39 is 0 Å². The molecule has 0 saturated carbocycles. The first-order valence-electron chi connectivity index (χ1n) is 5.20. The smallest absolute Gasteiger partial charge is 0.194 e. The fourth-order valence-corrected chi connectivity index (χ4v) is 1.39. The van der Waals surface area contributed by atoms with E-state index in [9.17, 15) is 4.79 Å². The van der Waals surface area contributed by atoms with E-state index in [0.29, 0.717) is 17.1 Å². The minimum atomic E-state index is -0.145. The predicted octanol–water partition coefficient (Wildman–Crippen LogP) is 1.96. The van der Waals surface area contributed by atoms with Crippen molar-refractivity contribution in [3.63, 3.8) is 0 Å². The molecule has 0 radical (unpaired) electrons. The molecule has 0 unspecified atom stereocenters. The Bertz CT molecular complexity index is 402. The van der Waals surface area contributed by atoms with Crippen LogP contribution in [0.15, 0.2) is 30.5 Å². The molecule has 0 saturated heterocycles. The maximum Gasteiger partial charge on any atom is 0.194 e. The van der Waals surface area contributed by atoms with Crippen LogP contribution in [0.25, 0.3) is 0 Å². The van der Waals surface area contributed by atoms with Gasteiger partial charge in [-0.2, -0.15) is 0 Å². The minimum absolute atomic E-state index is 0.145. The van der Waals surface area contributed by atoms with Gasteiger partial charge in [0, 0.05) is 26.4 Å². The lowest BCUT2D eigenvalue weighted by molar-refractivity contribution is 0.104. The molecule has 0 aliphatic rings. The third kappa shape index (κ3) is 3.24. The number of carbonyl (C=O) groups excluding carboxylic acids is 1. The Balaban J connectivity index is 3.14. The molecule has 0 atom stereocenters. The number of hydrogen-bond donors (Lipinski definition) is 0. The van der Waals surface area contributed by atoms with Crippen LogP contribution in [0.1, 0.15) is 10.4 Å². The van der Waals surface area contributed by atoms with Crippen LogP contribution >= 0.6 is 0 Å². The van der Waals surface area contributed by atoms with Gasteiger partial charge in [-0.05, 0) is 12.1 Å². The van der Waals surface area contributed by atoms with Gasteiger partial charge in [-0.1, -0.05) is 6.07 Å². The SMILES string of the molecule is COc1cccc(OC)c1C(=O)/C=C/N(C)C. The molecule has 0 amide bonds. The van der Waals surface area contributed by atoms with Crippen molar-refractivity contribution in [2.75, 3.05) is 28.3 Å². The molecule has 0 spiro atoms. The van der Waals surface area contributed by atoms with E-state index in [1.807, 2.05) is 14.1 Å². The van der Waals surface area contributed by atoms with Gasteiger partial charge < -0.3 is 14.4 Å². The maximum atomic E-state index is 12.0. The average Bonchev–Trinajstić information content (AvgIpc) is 2.34. The summed E-state index contributed by atoms with van der Waals surface area (Å²) in [5.74, 6) is 0.878. The van der Waals surface area contributed by atoms with Crippen LogP contribution in [0.5, 0.6) is 11.5 Å². The van der Waals surface area contributed by atoms with Gasteiger partial charge in [-0.3, -0.25) is 4.79 Å². The van der Waals surface area contributed by atoms with Crippen molar-refractivity contribution in [3.8, 4) is 11.5 Å². The van der Waals surface area contributed by atoms with Gasteiger partial charge in [0.05, 0.1) is 14.2 Å². The van der Waals surface area contributed by atoms with Gasteiger partial charge in [0.15, 0.2) is 5.78 Å². The third-order valence-electron chi connectivity index (χ3n) is 2.20. The minimum Gasteiger partial charge on any atom is -0.496 e. The summed E-state index contributed by atoms with van der Waals surface area (Å²) < 4.78 is 10.3. The van der Waals surface area contributed by atoms with Crippen molar-refractivity contribution in [1.29, 1.82) is 0 Å². The Morgan fingerprint density at radius 1 is 1.18 bits per heavy atom. The molecule has 4 nitrogen and oxygen atoms in total. The van der Waals surface area contributed by atoms with Gasteiger partial charge >= 0.3 is 0 Å². The van der Waals surface area contributed by atoms with E-state index in [-0.39, 0.29) is 5.78 Å². The number of nitrogens with zero attached hydrogens (tertiary/aromatic N) is 1. The zero-order valence-corrected chi connectivity index (χ0v) is 10.6. The third-order valence-corrected chi connectivity index (χ3v) is 2.20. The van der Waals surface area contributed by atoms with E-state index in [0.717, 1.165) is 0 Å². The van der Waals surface area contributed by atoms with Crippen LogP contribution in [0.4, 0.5) is 0 Å². The lowest BCUT2D eigenvalue weighted by Gasteiger charge is -2.10. The molecule has 0 fully saturated rings. The van der Waals surface area contributed by atoms with Crippen LogP contribution < -0.4 is 9.47 Å². The van der Waals surface area contributed by atoms with Crippen LogP contribution in [-0.2, 0) is 0 Å². The Kier molecular flexibility index (Phi) is 4.57. The zero-order chi connectivity index (χ0) is 12.8. The summed E-state index contributed by atoms with van der Waals surface area (Å²) in [7, 11) is 6.76. The second-order valence-electron chi connectivity index (χ2n) is 3.68. The summed E-state index contributed by atoms with van der Waals surface area (Å²) in [5, 5.41) is 0. The van der Waals surface area contributed by atoms with E-state index in [1.165, 1.54) is 20.3 Å². The highest BCUT2D eigenvalue weighted by Crippen LogP contribution is 2.28. The van der Waals surface area contributed by atoms with Crippen LogP contribution in [0, 0.1) is 0 Å². The van der Waals surface area contributed by atoms with Crippen LogP contribution in [0.2, 0.25) is 0 Å². The van der Waals surface area contributed by atoms with Gasteiger partial charge in [-0.25, -0.2) is 0 Å². The summed E-state index contributed by atoms with van der Waals surface area (Å²) in [6.07, 6.45) is 3.18. The summed E-state index contributed by atoms with van der Waals surface area (Å²) in [4.78, 5) is 13.8. The molecule has 0 N–H and O–H groups in total. The van der Waals surface area contributed by atoms with Crippen molar-refractivity contribution < 1.29 is 14.3 Å². The standard InChI is InChI=1S/C13H17NO3/c1-14(2)9-8-10(15)13-11(16-3)6-5-7-12(13)17-4/h5-9H,1-4H3/b9-8+. The molecule has 1 aromatic carbocycles. The molecule has 0 heterocycles. The van der Waals surface area contributed by atoms with E-state index >= 15 is 0 Å². The average molecular weight is 235 g/mol. The van der Waals surface area contributed by atoms with E-state index in [1.54, 1.807) is 29.3 Å². The van der Waals surface area contributed by atoms with Crippen LogP contribution in [-0.4, -0.2) is 39.0 Å². The normalized spacial score (nSPS) is 10.4. The lowest BCUT2D eigenvalue weighted by atomic mass is 10.1. The van der Waals surface area contributed by atoms with Crippen molar-refractivity contribution in [1.82, 2.24) is 4.90 Å². The largest absolute Gasteiger partial charge is 0.496 e. The number of carbonyl (C=O) groups is 1. The first kappa shape index (κ1) is 13.1. The van der Waals surface area contributed by atoms with Gasteiger partial charge in [0.25, 0.3) is 0 Å². The monoisotopic (exact) mass is 235 g/mol. The fraction of sp³-hybridized carbons (Fsp3) is 0.308. The highest BCUT2D eigenvalue weighted by Gasteiger charge is 2.15. The van der Waals surface area contributed by atoms with Gasteiger partial charge in [-0.15, -0.1) is 0 Å². The fourth-order valence-electron chi connectivity index (χ4n) is 1.39. The first-order chi connectivity index (χ1) is 8.10. The molecular weight excluding hydrogens is 218 g/mol. The van der Waals surface area contributed by atoms with Crippen molar-refractivity contribution in [3.05, 3.63) is 36.0 Å². The Labute approximate surface area is 101 Å². The number of methoxy groups -OCH3 is 2. The van der Waals surface area contributed by atoms with Crippen molar-refractivity contribution >= 4 is 5.78 Å². The predicted molar refractivity (Wildman–Crippen MR) is 66.7 cm³/mol. The number of ether oxygens (including phenoxy) is 2. The number of ketones is 1. The highest BCUT2D eigenvalue weighted by atomic mass is 16.5. The first-order valence-corrected chi connectivity index (χ1v) is 5.20. The molecule has 92 valence electrons. The molecule has 0 aliphatic carbocycles. The Hall–Kier alpha value is -1.97. The number of hydrogen-bond acceptors (Lipinski definition) is 4. The number of benzene rings is 1. The van der Waals surface area contributed by atoms with Gasteiger partial charge in [0.1, 0.15) is 17.1 Å². The molecule has 4 heteroatoms. The second kappa shape index (κ2) is 5.94. The van der Waals surface area contributed by atoms with Gasteiger partial charge in [0.2, 0.25) is 0 Å². The topological polar surface area (TPSA) is 38.8 Å².